The highest BCUT2D eigenvalue weighted by Crippen LogP contribution is 2.30. The number of amides is 1. The van der Waals surface area contributed by atoms with Crippen LogP contribution in [0.15, 0.2) is 42.5 Å². The molecule has 0 radical (unpaired) electrons. The fourth-order valence-electron chi connectivity index (χ4n) is 3.48. The van der Waals surface area contributed by atoms with Crippen molar-refractivity contribution in [2.45, 2.75) is 39.5 Å². The smallest absolute Gasteiger partial charge is 0.225 e. The summed E-state index contributed by atoms with van der Waals surface area (Å²) in [5.74, 6) is 0.661. The van der Waals surface area contributed by atoms with Crippen LogP contribution in [0.25, 0.3) is 11.1 Å². The fraction of sp³-hybridized carbons (Fsp3) is 0.429. The van der Waals surface area contributed by atoms with Crippen LogP contribution in [0.2, 0.25) is 0 Å². The van der Waals surface area contributed by atoms with Crippen molar-refractivity contribution in [1.29, 1.82) is 0 Å². The molecule has 126 valence electrons. The lowest BCUT2D eigenvalue weighted by atomic mass is 9.91. The van der Waals surface area contributed by atoms with Gasteiger partial charge in [-0.15, -0.1) is 0 Å². The summed E-state index contributed by atoms with van der Waals surface area (Å²) < 4.78 is 0. The van der Waals surface area contributed by atoms with E-state index < -0.39 is 0 Å². The number of aromatic nitrogens is 1. The second-order valence-electron chi connectivity index (χ2n) is 7.07. The molecule has 1 amide bonds. The van der Waals surface area contributed by atoms with Crippen molar-refractivity contribution in [3.05, 3.63) is 53.9 Å². The van der Waals surface area contributed by atoms with Crippen molar-refractivity contribution < 1.29 is 4.79 Å². The lowest BCUT2D eigenvalue weighted by Gasteiger charge is -2.34. The third-order valence-corrected chi connectivity index (χ3v) is 4.73. The van der Waals surface area contributed by atoms with Gasteiger partial charge in [0.2, 0.25) is 5.91 Å². The van der Waals surface area contributed by atoms with Crippen LogP contribution in [-0.2, 0) is 4.79 Å². The average molecular weight is 322 g/mol. The van der Waals surface area contributed by atoms with Crippen molar-refractivity contribution in [2.24, 2.45) is 5.92 Å². The first kappa shape index (κ1) is 16.7. The summed E-state index contributed by atoms with van der Waals surface area (Å²) in [6.45, 7) is 7.68. The summed E-state index contributed by atoms with van der Waals surface area (Å²) in [6.07, 6.45) is 2.16. The lowest BCUT2D eigenvalue weighted by molar-refractivity contribution is -0.135. The predicted octanol–water partition coefficient (Wildman–Crippen LogP) is 4.42. The Balaban J connectivity index is 1.86. The summed E-state index contributed by atoms with van der Waals surface area (Å²) in [4.78, 5) is 19.1. The Labute approximate surface area is 144 Å². The van der Waals surface area contributed by atoms with E-state index >= 15 is 0 Å². The summed E-state index contributed by atoms with van der Waals surface area (Å²) in [5, 5.41) is 0. The largest absolute Gasteiger partial charge is 0.342 e. The molecule has 2 aromatic rings. The van der Waals surface area contributed by atoms with E-state index in [-0.39, 0.29) is 11.8 Å². The molecular weight excluding hydrogens is 296 g/mol. The van der Waals surface area contributed by atoms with Crippen LogP contribution in [0.3, 0.4) is 0 Å². The van der Waals surface area contributed by atoms with E-state index in [2.05, 4.69) is 43.3 Å². The molecule has 1 aliphatic rings. The van der Waals surface area contributed by atoms with E-state index in [0.29, 0.717) is 5.92 Å². The molecule has 0 unspecified atom stereocenters. The minimum atomic E-state index is 0.0640. The second-order valence-corrected chi connectivity index (χ2v) is 7.07. The molecular formula is C21H26N2O. The van der Waals surface area contributed by atoms with Crippen LogP contribution in [0.5, 0.6) is 0 Å². The number of nitrogens with zero attached hydrogens (tertiary/aromatic N) is 2. The number of aryl methyl sites for hydroxylation is 1. The maximum absolute atomic E-state index is 12.3. The zero-order valence-corrected chi connectivity index (χ0v) is 14.8. The van der Waals surface area contributed by atoms with Gasteiger partial charge in [0.25, 0.3) is 0 Å². The molecule has 0 N–H and O–H groups in total. The molecule has 1 atom stereocenters. The predicted molar refractivity (Wildman–Crippen MR) is 97.8 cm³/mol. The highest BCUT2D eigenvalue weighted by Gasteiger charge is 2.27. The van der Waals surface area contributed by atoms with Gasteiger partial charge in [0.15, 0.2) is 0 Å². The minimum absolute atomic E-state index is 0.0640. The van der Waals surface area contributed by atoms with Crippen LogP contribution in [0.1, 0.15) is 44.0 Å². The Bertz CT molecular complexity index is 709. The quantitative estimate of drug-likeness (QED) is 0.838. The maximum Gasteiger partial charge on any atom is 0.225 e. The van der Waals surface area contributed by atoms with Crippen LogP contribution in [0, 0.1) is 12.8 Å². The third kappa shape index (κ3) is 3.66. The lowest BCUT2D eigenvalue weighted by Crippen LogP contribution is -2.41. The topological polar surface area (TPSA) is 33.2 Å². The van der Waals surface area contributed by atoms with E-state index in [1.807, 2.05) is 24.8 Å². The van der Waals surface area contributed by atoms with Crippen molar-refractivity contribution in [3.8, 4) is 11.1 Å². The van der Waals surface area contributed by atoms with E-state index in [9.17, 15) is 4.79 Å². The SMILES string of the molecule is Cc1cc(-c2ccccc2)cc([C@H]2CCCN(C(=O)C(C)C)C2)n1. The van der Waals surface area contributed by atoms with Crippen LogP contribution < -0.4 is 0 Å². The molecule has 3 heteroatoms. The number of piperidine rings is 1. The molecule has 1 aromatic heterocycles. The van der Waals surface area contributed by atoms with Crippen molar-refractivity contribution in [2.75, 3.05) is 13.1 Å². The van der Waals surface area contributed by atoms with Crippen LogP contribution >= 0.6 is 0 Å². The first-order chi connectivity index (χ1) is 11.5. The Hall–Kier alpha value is -2.16. The number of hydrogen-bond acceptors (Lipinski definition) is 2. The van der Waals surface area contributed by atoms with Gasteiger partial charge in [0, 0.05) is 36.3 Å². The number of benzene rings is 1. The van der Waals surface area contributed by atoms with Gasteiger partial charge in [-0.3, -0.25) is 9.78 Å². The van der Waals surface area contributed by atoms with Gasteiger partial charge in [0.1, 0.15) is 0 Å². The second kappa shape index (κ2) is 7.16. The van der Waals surface area contributed by atoms with Gasteiger partial charge < -0.3 is 4.90 Å². The summed E-state index contributed by atoms with van der Waals surface area (Å²) in [6, 6.07) is 14.8. The van der Waals surface area contributed by atoms with Crippen molar-refractivity contribution in [3.63, 3.8) is 0 Å². The summed E-state index contributed by atoms with van der Waals surface area (Å²) in [7, 11) is 0. The van der Waals surface area contributed by atoms with E-state index in [0.717, 1.165) is 37.3 Å². The first-order valence-electron chi connectivity index (χ1n) is 8.87. The Morgan fingerprint density at radius 1 is 1.17 bits per heavy atom. The molecule has 2 heterocycles. The molecule has 1 fully saturated rings. The van der Waals surface area contributed by atoms with Gasteiger partial charge in [0.05, 0.1) is 0 Å². The van der Waals surface area contributed by atoms with Gasteiger partial charge in [-0.1, -0.05) is 44.2 Å². The van der Waals surface area contributed by atoms with E-state index in [4.69, 9.17) is 4.98 Å². The molecule has 1 aliphatic heterocycles. The molecule has 0 saturated carbocycles. The van der Waals surface area contributed by atoms with Crippen LogP contribution in [-0.4, -0.2) is 28.9 Å². The third-order valence-electron chi connectivity index (χ3n) is 4.73. The zero-order valence-electron chi connectivity index (χ0n) is 14.8. The molecule has 0 bridgehead atoms. The highest BCUT2D eigenvalue weighted by atomic mass is 16.2. The Kier molecular flexibility index (Phi) is 4.98. The molecule has 0 spiro atoms. The summed E-state index contributed by atoms with van der Waals surface area (Å²) >= 11 is 0. The molecule has 3 nitrogen and oxygen atoms in total. The molecule has 1 saturated heterocycles. The number of pyridine rings is 1. The monoisotopic (exact) mass is 322 g/mol. The first-order valence-corrected chi connectivity index (χ1v) is 8.87. The fourth-order valence-corrected chi connectivity index (χ4v) is 3.48. The van der Waals surface area contributed by atoms with Crippen LogP contribution in [0.4, 0.5) is 0 Å². The van der Waals surface area contributed by atoms with Crippen molar-refractivity contribution >= 4 is 5.91 Å². The Morgan fingerprint density at radius 3 is 2.62 bits per heavy atom. The van der Waals surface area contributed by atoms with Crippen molar-refractivity contribution in [1.82, 2.24) is 9.88 Å². The van der Waals surface area contributed by atoms with Gasteiger partial charge >= 0.3 is 0 Å². The number of likely N-dealkylation sites (tertiary alicyclic amines) is 1. The zero-order chi connectivity index (χ0) is 17.1. The number of hydrogen-bond donors (Lipinski definition) is 0. The standard InChI is InChI=1S/C21H26N2O/c1-15(2)21(24)23-11-7-10-18(14-23)20-13-19(12-16(3)22-20)17-8-5-4-6-9-17/h4-6,8-9,12-13,15,18H,7,10-11,14H2,1-3H3/t18-/m0/s1. The molecule has 3 rings (SSSR count). The highest BCUT2D eigenvalue weighted by molar-refractivity contribution is 5.78. The van der Waals surface area contributed by atoms with Gasteiger partial charge in [-0.05, 0) is 43.0 Å². The average Bonchev–Trinajstić information content (AvgIpc) is 2.61. The summed E-state index contributed by atoms with van der Waals surface area (Å²) in [5.41, 5.74) is 4.59. The normalized spacial score (nSPS) is 18.0. The minimum Gasteiger partial charge on any atom is -0.342 e. The molecule has 24 heavy (non-hydrogen) atoms. The number of carbonyl (C=O) groups excluding carboxylic acids is 1. The van der Waals surface area contributed by atoms with Gasteiger partial charge in [-0.25, -0.2) is 0 Å². The molecule has 0 aliphatic carbocycles. The van der Waals surface area contributed by atoms with E-state index in [1.165, 1.54) is 11.1 Å². The maximum atomic E-state index is 12.3. The van der Waals surface area contributed by atoms with E-state index in [1.54, 1.807) is 0 Å². The number of rotatable bonds is 3. The number of carbonyl (C=O) groups is 1. The van der Waals surface area contributed by atoms with Gasteiger partial charge in [-0.2, -0.15) is 0 Å². The molecule has 1 aromatic carbocycles. The Morgan fingerprint density at radius 2 is 1.92 bits per heavy atom.